The van der Waals surface area contributed by atoms with E-state index in [0.717, 1.165) is 5.56 Å². The summed E-state index contributed by atoms with van der Waals surface area (Å²) in [5.41, 5.74) is 6.59. The normalized spacial score (nSPS) is 16.4. The molecule has 2 rings (SSSR count). The van der Waals surface area contributed by atoms with Crippen LogP contribution >= 0.6 is 0 Å². The van der Waals surface area contributed by atoms with Crippen LogP contribution in [-0.2, 0) is 4.79 Å². The Kier molecular flexibility index (Phi) is 3.92. The summed E-state index contributed by atoms with van der Waals surface area (Å²) in [6.07, 6.45) is 0.335. The van der Waals surface area contributed by atoms with Gasteiger partial charge in [0.2, 0.25) is 6.79 Å². The summed E-state index contributed by atoms with van der Waals surface area (Å²) >= 11 is 0. The minimum Gasteiger partial charge on any atom is -0.480 e. The highest BCUT2D eigenvalue weighted by molar-refractivity contribution is 5.73. The third kappa shape index (κ3) is 2.97. The second kappa shape index (κ2) is 5.46. The van der Waals surface area contributed by atoms with Gasteiger partial charge in [-0.25, -0.2) is 0 Å². The van der Waals surface area contributed by atoms with Crippen LogP contribution in [0.5, 0.6) is 11.5 Å². The maximum atomic E-state index is 10.9. The van der Waals surface area contributed by atoms with Gasteiger partial charge in [0.05, 0.1) is 0 Å². The summed E-state index contributed by atoms with van der Waals surface area (Å²) in [5, 5.41) is 8.93. The van der Waals surface area contributed by atoms with Crippen LogP contribution in [0.15, 0.2) is 18.2 Å². The minimum atomic E-state index is -0.993. The number of nitrogens with zero attached hydrogens (tertiary/aromatic N) is 1. The number of carbonyl (C=O) groups is 1. The molecule has 0 saturated carbocycles. The molecule has 0 aromatic heterocycles. The lowest BCUT2D eigenvalue weighted by atomic mass is 9.98. The van der Waals surface area contributed by atoms with Crippen LogP contribution in [0.1, 0.15) is 18.0 Å². The molecule has 19 heavy (non-hydrogen) atoms. The van der Waals surface area contributed by atoms with Crippen LogP contribution in [0.3, 0.4) is 0 Å². The van der Waals surface area contributed by atoms with Crippen molar-refractivity contribution in [2.75, 3.05) is 20.9 Å². The lowest BCUT2D eigenvalue weighted by Gasteiger charge is -2.26. The molecule has 104 valence electrons. The molecule has 0 fully saturated rings. The van der Waals surface area contributed by atoms with Crippen LogP contribution < -0.4 is 15.2 Å². The summed E-state index contributed by atoms with van der Waals surface area (Å²) in [7, 11) is 3.79. The van der Waals surface area contributed by atoms with Crippen molar-refractivity contribution in [3.8, 4) is 11.5 Å². The van der Waals surface area contributed by atoms with Gasteiger partial charge in [-0.15, -0.1) is 0 Å². The Hall–Kier alpha value is -1.79. The van der Waals surface area contributed by atoms with Crippen molar-refractivity contribution < 1.29 is 19.4 Å². The van der Waals surface area contributed by atoms with Gasteiger partial charge in [-0.2, -0.15) is 0 Å². The second-order valence-electron chi connectivity index (χ2n) is 4.77. The van der Waals surface area contributed by atoms with Gasteiger partial charge < -0.3 is 25.2 Å². The molecule has 0 aliphatic carbocycles. The van der Waals surface area contributed by atoms with Gasteiger partial charge in [0, 0.05) is 6.04 Å². The van der Waals surface area contributed by atoms with Crippen LogP contribution in [0.25, 0.3) is 0 Å². The standard InChI is InChI=1S/C13H18N2O4/c1-15(2)10(6-9(14)13(16)17)8-3-4-11-12(5-8)19-7-18-11/h3-5,9-10H,6-7,14H2,1-2H3,(H,16,17). The van der Waals surface area contributed by atoms with Crippen LogP contribution in [-0.4, -0.2) is 42.9 Å². The summed E-state index contributed by atoms with van der Waals surface area (Å²) < 4.78 is 10.6. The number of rotatable bonds is 5. The van der Waals surface area contributed by atoms with Crippen molar-refractivity contribution in [2.24, 2.45) is 5.73 Å². The zero-order valence-electron chi connectivity index (χ0n) is 11.0. The van der Waals surface area contributed by atoms with Gasteiger partial charge in [-0.1, -0.05) is 6.07 Å². The number of hydrogen-bond acceptors (Lipinski definition) is 5. The van der Waals surface area contributed by atoms with Crippen LogP contribution in [0.4, 0.5) is 0 Å². The van der Waals surface area contributed by atoms with Gasteiger partial charge in [0.15, 0.2) is 11.5 Å². The van der Waals surface area contributed by atoms with Crippen molar-refractivity contribution in [1.29, 1.82) is 0 Å². The molecule has 6 nitrogen and oxygen atoms in total. The van der Waals surface area contributed by atoms with E-state index in [2.05, 4.69) is 0 Å². The maximum absolute atomic E-state index is 10.9. The largest absolute Gasteiger partial charge is 0.480 e. The molecule has 1 heterocycles. The Morgan fingerprint density at radius 1 is 1.42 bits per heavy atom. The van der Waals surface area contributed by atoms with Gasteiger partial charge in [0.25, 0.3) is 0 Å². The average molecular weight is 266 g/mol. The van der Waals surface area contributed by atoms with Gasteiger partial charge in [-0.3, -0.25) is 4.79 Å². The maximum Gasteiger partial charge on any atom is 0.320 e. The number of benzene rings is 1. The minimum absolute atomic E-state index is 0.0828. The molecule has 2 unspecified atom stereocenters. The van der Waals surface area contributed by atoms with Crippen molar-refractivity contribution in [3.63, 3.8) is 0 Å². The number of aliphatic carboxylic acids is 1. The zero-order chi connectivity index (χ0) is 14.0. The Bertz CT molecular complexity index is 476. The third-order valence-electron chi connectivity index (χ3n) is 3.20. The summed E-state index contributed by atoms with van der Waals surface area (Å²) in [5.74, 6) is 0.407. The molecule has 6 heteroatoms. The third-order valence-corrected chi connectivity index (χ3v) is 3.20. The lowest BCUT2D eigenvalue weighted by Crippen LogP contribution is -2.35. The number of hydrogen-bond donors (Lipinski definition) is 2. The summed E-state index contributed by atoms with van der Waals surface area (Å²) in [6.45, 7) is 0.222. The molecule has 1 aromatic carbocycles. The van der Waals surface area contributed by atoms with E-state index in [1.54, 1.807) is 0 Å². The van der Waals surface area contributed by atoms with Crippen molar-refractivity contribution >= 4 is 5.97 Å². The van der Waals surface area contributed by atoms with Crippen molar-refractivity contribution in [1.82, 2.24) is 4.90 Å². The van der Waals surface area contributed by atoms with Gasteiger partial charge in [-0.05, 0) is 38.2 Å². The molecule has 0 radical (unpaired) electrons. The number of carboxylic acid groups (broad SMARTS) is 1. The quantitative estimate of drug-likeness (QED) is 0.820. The van der Waals surface area contributed by atoms with Gasteiger partial charge >= 0.3 is 5.97 Å². The SMILES string of the molecule is CN(C)C(CC(N)C(=O)O)c1ccc2c(c1)OCO2. The van der Waals surface area contributed by atoms with E-state index in [1.165, 1.54) is 0 Å². The van der Waals surface area contributed by atoms with Crippen molar-refractivity contribution in [3.05, 3.63) is 23.8 Å². The monoisotopic (exact) mass is 266 g/mol. The van der Waals surface area contributed by atoms with Crippen LogP contribution in [0, 0.1) is 0 Å². The first-order valence-electron chi connectivity index (χ1n) is 6.03. The van der Waals surface area contributed by atoms with E-state index in [4.69, 9.17) is 20.3 Å². The number of nitrogens with two attached hydrogens (primary N) is 1. The molecule has 0 spiro atoms. The molecule has 0 bridgehead atoms. The Labute approximate surface area is 111 Å². The van der Waals surface area contributed by atoms with E-state index < -0.39 is 12.0 Å². The predicted octanol–water partition coefficient (Wildman–Crippen LogP) is 0.820. The van der Waals surface area contributed by atoms with Crippen molar-refractivity contribution in [2.45, 2.75) is 18.5 Å². The highest BCUT2D eigenvalue weighted by atomic mass is 16.7. The molecule has 2 atom stereocenters. The van der Waals surface area contributed by atoms with E-state index in [1.807, 2.05) is 37.2 Å². The Balaban J connectivity index is 2.21. The first kappa shape index (κ1) is 13.6. The molecule has 0 amide bonds. The fourth-order valence-electron chi connectivity index (χ4n) is 2.11. The molecule has 0 saturated heterocycles. The topological polar surface area (TPSA) is 85.0 Å². The number of carboxylic acids is 1. The molecule has 1 aromatic rings. The average Bonchev–Trinajstić information content (AvgIpc) is 2.81. The predicted molar refractivity (Wildman–Crippen MR) is 69.2 cm³/mol. The Morgan fingerprint density at radius 3 is 2.74 bits per heavy atom. The first-order chi connectivity index (χ1) is 8.99. The Morgan fingerprint density at radius 2 is 2.11 bits per heavy atom. The molecule has 1 aliphatic rings. The summed E-state index contributed by atoms with van der Waals surface area (Å²) in [4.78, 5) is 12.8. The highest BCUT2D eigenvalue weighted by Crippen LogP contribution is 2.36. The van der Waals surface area contributed by atoms with Gasteiger partial charge in [0.1, 0.15) is 6.04 Å². The zero-order valence-corrected chi connectivity index (χ0v) is 11.0. The number of ether oxygens (including phenoxy) is 2. The highest BCUT2D eigenvalue weighted by Gasteiger charge is 2.24. The molecular weight excluding hydrogens is 248 g/mol. The van der Waals surface area contributed by atoms with E-state index in [-0.39, 0.29) is 12.8 Å². The molecule has 1 aliphatic heterocycles. The fourth-order valence-corrected chi connectivity index (χ4v) is 2.11. The summed E-state index contributed by atoms with van der Waals surface area (Å²) in [6, 6.07) is 4.65. The molecule has 3 N–H and O–H groups in total. The lowest BCUT2D eigenvalue weighted by molar-refractivity contribution is -0.139. The van der Waals surface area contributed by atoms with Crippen LogP contribution in [0.2, 0.25) is 0 Å². The first-order valence-corrected chi connectivity index (χ1v) is 6.03. The van der Waals surface area contributed by atoms with E-state index in [9.17, 15) is 4.79 Å². The van der Waals surface area contributed by atoms with E-state index in [0.29, 0.717) is 17.9 Å². The smallest absolute Gasteiger partial charge is 0.320 e. The van der Waals surface area contributed by atoms with E-state index >= 15 is 0 Å². The second-order valence-corrected chi connectivity index (χ2v) is 4.77. The fraction of sp³-hybridized carbons (Fsp3) is 0.462. The number of fused-ring (bicyclic) bond motifs is 1. The molecular formula is C13H18N2O4.